The first-order chi connectivity index (χ1) is 16.3. The Labute approximate surface area is 200 Å². The first kappa shape index (κ1) is 22.6. The van der Waals surface area contributed by atoms with Crippen molar-refractivity contribution in [1.82, 2.24) is 39.3 Å². The van der Waals surface area contributed by atoms with Crippen molar-refractivity contribution in [2.75, 3.05) is 26.2 Å². The highest BCUT2D eigenvalue weighted by Gasteiger charge is 2.23. The van der Waals surface area contributed by atoms with E-state index in [1.54, 1.807) is 15.9 Å². The molecule has 0 radical (unpaired) electrons. The van der Waals surface area contributed by atoms with E-state index in [4.69, 9.17) is 0 Å². The number of piperazine rings is 1. The van der Waals surface area contributed by atoms with Gasteiger partial charge in [-0.1, -0.05) is 0 Å². The van der Waals surface area contributed by atoms with Crippen LogP contribution in [0.25, 0.3) is 16.0 Å². The molecule has 34 heavy (non-hydrogen) atoms. The minimum Gasteiger partial charge on any atom is -0.340 e. The quantitative estimate of drug-likeness (QED) is 0.464. The molecule has 5 heterocycles. The summed E-state index contributed by atoms with van der Waals surface area (Å²) in [7, 11) is 0. The molecule has 0 aliphatic carbocycles. The number of nitrogens with one attached hydrogen (secondary N) is 1. The molecular weight excluding hydrogens is 452 g/mol. The molecule has 4 aromatic rings. The lowest BCUT2D eigenvalue weighted by atomic mass is 10.1. The number of hydrogen-bond acceptors (Lipinski definition) is 8. The lowest BCUT2D eigenvalue weighted by molar-refractivity contribution is -0.133. The maximum atomic E-state index is 12.9. The number of carbonyl (C=O) groups is 1. The number of hydrogen-bond donors (Lipinski definition) is 1. The zero-order chi connectivity index (χ0) is 24.0. The van der Waals surface area contributed by atoms with Crippen LogP contribution in [0.5, 0.6) is 0 Å². The molecule has 0 unspecified atom stereocenters. The highest BCUT2D eigenvalue weighted by Crippen LogP contribution is 2.26. The number of amides is 1. The topological polar surface area (TPSA) is 112 Å². The minimum absolute atomic E-state index is 0.0696. The molecule has 0 aromatic carbocycles. The van der Waals surface area contributed by atoms with Gasteiger partial charge in [-0.25, -0.2) is 14.5 Å². The maximum Gasteiger partial charge on any atom is 0.259 e. The van der Waals surface area contributed by atoms with Crippen LogP contribution in [0.15, 0.2) is 11.1 Å². The van der Waals surface area contributed by atoms with Gasteiger partial charge in [0, 0.05) is 48.9 Å². The third kappa shape index (κ3) is 4.09. The van der Waals surface area contributed by atoms with E-state index in [-0.39, 0.29) is 11.5 Å². The molecule has 0 saturated carbocycles. The molecule has 1 saturated heterocycles. The molecule has 1 aliphatic heterocycles. The molecular formula is C23H28N8O2S. The van der Waals surface area contributed by atoms with Crippen molar-refractivity contribution in [3.05, 3.63) is 49.9 Å². The van der Waals surface area contributed by atoms with Crippen LogP contribution >= 0.6 is 11.3 Å². The van der Waals surface area contributed by atoms with Gasteiger partial charge < -0.3 is 9.88 Å². The van der Waals surface area contributed by atoms with E-state index in [1.807, 2.05) is 32.6 Å². The van der Waals surface area contributed by atoms with Gasteiger partial charge in [-0.05, 0) is 45.2 Å². The maximum absolute atomic E-state index is 12.9. The SMILES string of the molecule is Cc1nc2ncnn2c(C)c1CCC(=O)N1CCN(Cc2nc3sc(C)c(C)c3c(=O)[nH]2)CC1. The number of fused-ring (bicyclic) bond motifs is 2. The molecule has 0 atom stereocenters. The number of rotatable bonds is 5. The van der Waals surface area contributed by atoms with Gasteiger partial charge in [-0.3, -0.25) is 14.5 Å². The first-order valence-electron chi connectivity index (χ1n) is 11.5. The highest BCUT2D eigenvalue weighted by atomic mass is 32.1. The van der Waals surface area contributed by atoms with Crippen molar-refractivity contribution < 1.29 is 4.79 Å². The Morgan fingerprint density at radius 2 is 1.88 bits per heavy atom. The van der Waals surface area contributed by atoms with Crippen molar-refractivity contribution in [2.24, 2.45) is 0 Å². The fourth-order valence-electron chi connectivity index (χ4n) is 4.65. The summed E-state index contributed by atoms with van der Waals surface area (Å²) in [6.45, 7) is 11.3. The number of thiophene rings is 1. The van der Waals surface area contributed by atoms with Crippen molar-refractivity contribution in [3.63, 3.8) is 0 Å². The first-order valence-corrected chi connectivity index (χ1v) is 12.3. The van der Waals surface area contributed by atoms with Crippen LogP contribution in [0.4, 0.5) is 0 Å². The Kier molecular flexibility index (Phi) is 5.90. The zero-order valence-electron chi connectivity index (χ0n) is 19.9. The standard InChI is InChI=1S/C23H28N8O2S/c1-13-16(4)34-22-20(13)21(33)27-18(28-22)11-29-7-9-30(10-8-29)19(32)6-5-17-14(2)26-23-24-12-25-31(23)15(17)3/h12H,5-11H2,1-4H3,(H,27,28,33). The second-order valence-electron chi connectivity index (χ2n) is 8.87. The third-order valence-electron chi connectivity index (χ3n) is 6.76. The lowest BCUT2D eigenvalue weighted by Gasteiger charge is -2.34. The molecule has 11 heteroatoms. The van der Waals surface area contributed by atoms with Gasteiger partial charge in [0.15, 0.2) is 0 Å². The summed E-state index contributed by atoms with van der Waals surface area (Å²) in [5.74, 6) is 1.41. The van der Waals surface area contributed by atoms with Crippen LogP contribution in [0.3, 0.4) is 0 Å². The van der Waals surface area contributed by atoms with Gasteiger partial charge in [-0.15, -0.1) is 11.3 Å². The van der Waals surface area contributed by atoms with Crippen molar-refractivity contribution >= 4 is 33.2 Å². The molecule has 0 bridgehead atoms. The fourth-order valence-corrected chi connectivity index (χ4v) is 5.70. The average molecular weight is 481 g/mol. The number of aromatic amines is 1. The van der Waals surface area contributed by atoms with Crippen LogP contribution in [-0.4, -0.2) is 71.4 Å². The lowest BCUT2D eigenvalue weighted by Crippen LogP contribution is -2.48. The monoisotopic (exact) mass is 480 g/mol. The van der Waals surface area contributed by atoms with Gasteiger partial charge in [0.2, 0.25) is 5.91 Å². The third-order valence-corrected chi connectivity index (χ3v) is 7.87. The molecule has 1 fully saturated rings. The molecule has 10 nitrogen and oxygen atoms in total. The van der Waals surface area contributed by atoms with E-state index in [0.29, 0.717) is 49.5 Å². The summed E-state index contributed by atoms with van der Waals surface area (Å²) in [5.41, 5.74) is 3.86. The van der Waals surface area contributed by atoms with Gasteiger partial charge in [-0.2, -0.15) is 10.1 Å². The Hall–Kier alpha value is -3.18. The normalized spacial score (nSPS) is 15.0. The number of aromatic nitrogens is 6. The Bertz CT molecular complexity index is 1440. The van der Waals surface area contributed by atoms with E-state index in [9.17, 15) is 9.59 Å². The van der Waals surface area contributed by atoms with E-state index in [0.717, 1.165) is 45.3 Å². The summed E-state index contributed by atoms with van der Waals surface area (Å²) < 4.78 is 1.72. The second-order valence-corrected chi connectivity index (χ2v) is 10.1. The smallest absolute Gasteiger partial charge is 0.259 e. The van der Waals surface area contributed by atoms with Crippen LogP contribution < -0.4 is 5.56 Å². The largest absolute Gasteiger partial charge is 0.340 e. The predicted molar refractivity (Wildman–Crippen MR) is 130 cm³/mol. The van der Waals surface area contributed by atoms with Crippen molar-refractivity contribution in [1.29, 1.82) is 0 Å². The van der Waals surface area contributed by atoms with Crippen LogP contribution in [0, 0.1) is 27.7 Å². The zero-order valence-corrected chi connectivity index (χ0v) is 20.7. The Balaban J connectivity index is 1.18. The van der Waals surface area contributed by atoms with E-state index in [1.165, 1.54) is 6.33 Å². The summed E-state index contributed by atoms with van der Waals surface area (Å²) in [6, 6.07) is 0. The van der Waals surface area contributed by atoms with Crippen LogP contribution in [-0.2, 0) is 17.8 Å². The minimum atomic E-state index is -0.0696. The Morgan fingerprint density at radius 3 is 2.65 bits per heavy atom. The molecule has 0 spiro atoms. The number of carbonyl (C=O) groups excluding carboxylic acids is 1. The van der Waals surface area contributed by atoms with Gasteiger partial charge >= 0.3 is 0 Å². The Morgan fingerprint density at radius 1 is 1.12 bits per heavy atom. The number of nitrogens with zero attached hydrogens (tertiary/aromatic N) is 7. The van der Waals surface area contributed by atoms with Gasteiger partial charge in [0.1, 0.15) is 17.0 Å². The molecule has 4 aromatic heterocycles. The molecule has 1 aliphatic rings. The average Bonchev–Trinajstić information content (AvgIpc) is 3.38. The van der Waals surface area contributed by atoms with Gasteiger partial charge in [0.05, 0.1) is 11.9 Å². The summed E-state index contributed by atoms with van der Waals surface area (Å²) in [6.07, 6.45) is 2.56. The van der Waals surface area contributed by atoms with E-state index in [2.05, 4.69) is 29.9 Å². The van der Waals surface area contributed by atoms with Crippen LogP contribution in [0.2, 0.25) is 0 Å². The van der Waals surface area contributed by atoms with Crippen LogP contribution in [0.1, 0.15) is 39.6 Å². The van der Waals surface area contributed by atoms with Crippen molar-refractivity contribution in [2.45, 2.75) is 47.1 Å². The number of H-pyrrole nitrogens is 1. The highest BCUT2D eigenvalue weighted by molar-refractivity contribution is 7.18. The number of aryl methyl sites for hydroxylation is 4. The second kappa shape index (κ2) is 8.88. The molecule has 5 rings (SSSR count). The summed E-state index contributed by atoms with van der Waals surface area (Å²) in [5, 5.41) is 4.92. The molecule has 1 N–H and O–H groups in total. The fraction of sp³-hybridized carbons (Fsp3) is 0.478. The van der Waals surface area contributed by atoms with Gasteiger partial charge in [0.25, 0.3) is 11.3 Å². The summed E-state index contributed by atoms with van der Waals surface area (Å²) in [4.78, 5) is 47.8. The summed E-state index contributed by atoms with van der Waals surface area (Å²) >= 11 is 1.56. The van der Waals surface area contributed by atoms with Crippen molar-refractivity contribution in [3.8, 4) is 0 Å². The molecule has 1 amide bonds. The predicted octanol–water partition coefficient (Wildman–Crippen LogP) is 1.93. The van der Waals surface area contributed by atoms with E-state index < -0.39 is 0 Å². The molecule has 178 valence electrons. The van der Waals surface area contributed by atoms with E-state index >= 15 is 0 Å².